The van der Waals surface area contributed by atoms with Crippen molar-refractivity contribution in [2.24, 2.45) is 0 Å². The van der Waals surface area contributed by atoms with E-state index in [2.05, 4.69) is 17.1 Å². The van der Waals surface area contributed by atoms with Crippen LogP contribution < -0.4 is 5.69 Å². The number of ketones is 1. The molecule has 0 aliphatic heterocycles. The number of aryl methyl sites for hydroxylation is 3. The van der Waals surface area contributed by atoms with Crippen molar-refractivity contribution in [2.45, 2.75) is 64.4 Å². The molecule has 0 spiro atoms. The van der Waals surface area contributed by atoms with E-state index in [1.807, 2.05) is 39.8 Å². The minimum Gasteiger partial charge on any atom is -0.293 e. The van der Waals surface area contributed by atoms with Gasteiger partial charge in [-0.2, -0.15) is 0 Å². The van der Waals surface area contributed by atoms with E-state index >= 15 is 0 Å². The van der Waals surface area contributed by atoms with Gasteiger partial charge in [-0.3, -0.25) is 9.36 Å². The van der Waals surface area contributed by atoms with Crippen LogP contribution in [0.1, 0.15) is 53.7 Å². The Bertz CT molecular complexity index is 792. The Morgan fingerprint density at radius 2 is 1.92 bits per heavy atom. The minimum atomic E-state index is -0.304. The Labute approximate surface area is 146 Å². The van der Waals surface area contributed by atoms with E-state index in [4.69, 9.17) is 0 Å². The van der Waals surface area contributed by atoms with Crippen molar-refractivity contribution in [3.05, 3.63) is 44.9 Å². The van der Waals surface area contributed by atoms with Gasteiger partial charge in [-0.25, -0.2) is 9.89 Å². The maximum atomic E-state index is 12.8. The first-order chi connectivity index (χ1) is 11.3. The average Bonchev–Trinajstić information content (AvgIpc) is 2.88. The number of nitrogens with one attached hydrogen (secondary N) is 1. The maximum Gasteiger partial charge on any atom is 0.343 e. The molecule has 0 aliphatic rings. The van der Waals surface area contributed by atoms with E-state index in [0.29, 0.717) is 11.7 Å². The quantitative estimate of drug-likeness (QED) is 0.613. The highest BCUT2D eigenvalue weighted by Crippen LogP contribution is 2.25. The van der Waals surface area contributed by atoms with Gasteiger partial charge in [0.15, 0.2) is 10.9 Å². The van der Waals surface area contributed by atoms with Crippen LogP contribution in [-0.2, 0) is 6.54 Å². The summed E-state index contributed by atoms with van der Waals surface area (Å²) >= 11 is 1.33. The Morgan fingerprint density at radius 3 is 2.58 bits per heavy atom. The number of hydrogen-bond acceptors (Lipinski definition) is 4. The summed E-state index contributed by atoms with van der Waals surface area (Å²) in [4.78, 5) is 24.7. The van der Waals surface area contributed by atoms with Gasteiger partial charge in [0.05, 0.1) is 5.25 Å². The van der Waals surface area contributed by atoms with Crippen molar-refractivity contribution in [3.63, 3.8) is 0 Å². The number of H-pyrrole nitrogens is 1. The second-order valence-electron chi connectivity index (χ2n) is 6.19. The van der Waals surface area contributed by atoms with E-state index in [9.17, 15) is 9.59 Å². The zero-order valence-corrected chi connectivity index (χ0v) is 15.8. The molecule has 5 nitrogen and oxygen atoms in total. The molecule has 1 N–H and O–H groups in total. The molecule has 24 heavy (non-hydrogen) atoms. The molecule has 1 unspecified atom stereocenters. The third kappa shape index (κ3) is 3.98. The van der Waals surface area contributed by atoms with Gasteiger partial charge in [0.25, 0.3) is 0 Å². The van der Waals surface area contributed by atoms with Crippen LogP contribution in [0.25, 0.3) is 0 Å². The first-order valence-corrected chi connectivity index (χ1v) is 9.17. The highest BCUT2D eigenvalue weighted by molar-refractivity contribution is 8.00. The van der Waals surface area contributed by atoms with Gasteiger partial charge in [-0.1, -0.05) is 31.2 Å². The molecule has 0 saturated carbocycles. The lowest BCUT2D eigenvalue weighted by Crippen LogP contribution is -2.20. The smallest absolute Gasteiger partial charge is 0.293 e. The average molecular weight is 347 g/mol. The molecule has 0 radical (unpaired) electrons. The molecular weight excluding hydrogens is 322 g/mol. The van der Waals surface area contributed by atoms with Crippen molar-refractivity contribution in [2.75, 3.05) is 0 Å². The minimum absolute atomic E-state index is 0.0677. The van der Waals surface area contributed by atoms with Crippen LogP contribution >= 0.6 is 11.8 Å². The van der Waals surface area contributed by atoms with Crippen LogP contribution in [0.3, 0.4) is 0 Å². The van der Waals surface area contributed by atoms with Crippen molar-refractivity contribution in [1.29, 1.82) is 0 Å². The zero-order valence-electron chi connectivity index (χ0n) is 15.0. The third-order valence-electron chi connectivity index (χ3n) is 4.22. The Morgan fingerprint density at radius 1 is 1.25 bits per heavy atom. The number of carbonyl (C=O) groups is 1. The lowest BCUT2D eigenvalue weighted by atomic mass is 9.97. The molecule has 0 saturated heterocycles. The zero-order chi connectivity index (χ0) is 17.9. The van der Waals surface area contributed by atoms with E-state index in [0.717, 1.165) is 29.5 Å². The molecule has 6 heteroatoms. The molecule has 0 amide bonds. The summed E-state index contributed by atoms with van der Waals surface area (Å²) in [6.45, 7) is 10.6. The number of benzene rings is 1. The summed E-state index contributed by atoms with van der Waals surface area (Å²) < 4.78 is 1.62. The second-order valence-corrected chi connectivity index (χ2v) is 7.50. The SMILES string of the molecule is CCCCn1c(SC(C)C(=O)c2cc(C)c(C)cc2C)n[nH]c1=O. The normalized spacial score (nSPS) is 12.4. The Hall–Kier alpha value is -1.82. The van der Waals surface area contributed by atoms with Crippen LogP contribution in [0.5, 0.6) is 0 Å². The number of aromatic nitrogens is 3. The number of aromatic amines is 1. The van der Waals surface area contributed by atoms with Crippen LogP contribution in [0, 0.1) is 20.8 Å². The van der Waals surface area contributed by atoms with Gasteiger partial charge in [-0.15, -0.1) is 5.10 Å². The number of thioether (sulfide) groups is 1. The molecule has 0 bridgehead atoms. The second kappa shape index (κ2) is 7.83. The van der Waals surface area contributed by atoms with Crippen LogP contribution in [0.4, 0.5) is 0 Å². The van der Waals surface area contributed by atoms with E-state index in [-0.39, 0.29) is 16.7 Å². The lowest BCUT2D eigenvalue weighted by Gasteiger charge is -2.14. The van der Waals surface area contributed by atoms with E-state index < -0.39 is 0 Å². The largest absolute Gasteiger partial charge is 0.343 e. The number of Topliss-reactive ketones (excluding diaryl/α,β-unsaturated/α-hetero) is 1. The number of nitrogens with zero attached hydrogens (tertiary/aromatic N) is 2. The molecule has 1 aromatic heterocycles. The standard InChI is InChI=1S/C18H25N3O2S/c1-6-7-8-21-17(23)19-20-18(21)24-14(5)16(22)15-10-12(3)11(2)9-13(15)4/h9-10,14H,6-8H2,1-5H3,(H,19,23). The van der Waals surface area contributed by atoms with Gasteiger partial charge in [-0.05, 0) is 56.9 Å². The third-order valence-corrected chi connectivity index (χ3v) is 5.31. The number of unbranched alkanes of at least 4 members (excludes halogenated alkanes) is 1. The highest BCUT2D eigenvalue weighted by Gasteiger charge is 2.22. The van der Waals surface area contributed by atoms with Crippen molar-refractivity contribution < 1.29 is 4.79 Å². The lowest BCUT2D eigenvalue weighted by molar-refractivity contribution is 0.0993. The molecule has 1 heterocycles. The first-order valence-electron chi connectivity index (χ1n) is 8.29. The predicted octanol–water partition coefficient (Wildman–Crippen LogP) is 3.66. The fourth-order valence-electron chi connectivity index (χ4n) is 2.56. The van der Waals surface area contributed by atoms with Crippen molar-refractivity contribution >= 4 is 17.5 Å². The molecule has 0 aliphatic carbocycles. The number of hydrogen-bond donors (Lipinski definition) is 1. The topological polar surface area (TPSA) is 67.8 Å². The first kappa shape index (κ1) is 18.5. The van der Waals surface area contributed by atoms with Crippen LogP contribution in [0.2, 0.25) is 0 Å². The predicted molar refractivity (Wildman–Crippen MR) is 98.1 cm³/mol. The van der Waals surface area contributed by atoms with Crippen LogP contribution in [-0.4, -0.2) is 25.8 Å². The molecule has 2 rings (SSSR count). The maximum absolute atomic E-state index is 12.8. The summed E-state index contributed by atoms with van der Waals surface area (Å²) in [5.41, 5.74) is 3.82. The van der Waals surface area contributed by atoms with Crippen molar-refractivity contribution in [1.82, 2.24) is 14.8 Å². The van der Waals surface area contributed by atoms with Gasteiger partial charge in [0.2, 0.25) is 0 Å². The number of carbonyl (C=O) groups excluding carboxylic acids is 1. The Balaban J connectivity index is 2.21. The summed E-state index contributed by atoms with van der Waals surface area (Å²) in [6, 6.07) is 4.00. The summed E-state index contributed by atoms with van der Waals surface area (Å²) in [7, 11) is 0. The molecular formula is C18H25N3O2S. The summed E-state index contributed by atoms with van der Waals surface area (Å²) in [5.74, 6) is 0.0677. The fourth-order valence-corrected chi connectivity index (χ4v) is 3.51. The summed E-state index contributed by atoms with van der Waals surface area (Å²) in [5, 5.41) is 6.83. The van der Waals surface area contributed by atoms with E-state index in [1.165, 1.54) is 17.3 Å². The van der Waals surface area contributed by atoms with Crippen LogP contribution in [0.15, 0.2) is 22.1 Å². The highest BCUT2D eigenvalue weighted by atomic mass is 32.2. The van der Waals surface area contributed by atoms with Gasteiger partial charge < -0.3 is 0 Å². The molecule has 1 aromatic carbocycles. The monoisotopic (exact) mass is 347 g/mol. The molecule has 0 fully saturated rings. The fraction of sp³-hybridized carbons (Fsp3) is 0.500. The Kier molecular flexibility index (Phi) is 6.04. The molecule has 130 valence electrons. The van der Waals surface area contributed by atoms with Crippen molar-refractivity contribution in [3.8, 4) is 0 Å². The van der Waals surface area contributed by atoms with Gasteiger partial charge >= 0.3 is 5.69 Å². The number of rotatable bonds is 7. The molecule has 1 atom stereocenters. The summed E-state index contributed by atoms with van der Waals surface area (Å²) in [6.07, 6.45) is 1.91. The van der Waals surface area contributed by atoms with Gasteiger partial charge in [0, 0.05) is 12.1 Å². The van der Waals surface area contributed by atoms with Gasteiger partial charge in [0.1, 0.15) is 0 Å². The van der Waals surface area contributed by atoms with E-state index in [1.54, 1.807) is 4.57 Å². The molecule has 2 aromatic rings.